The molecule has 3 rings (SSSR count). The third-order valence-corrected chi connectivity index (χ3v) is 4.06. The molecule has 1 aliphatic heterocycles. The van der Waals surface area contributed by atoms with E-state index in [9.17, 15) is 4.79 Å². The van der Waals surface area contributed by atoms with Crippen LogP contribution in [0, 0.1) is 0 Å². The van der Waals surface area contributed by atoms with E-state index < -0.39 is 0 Å². The van der Waals surface area contributed by atoms with E-state index in [2.05, 4.69) is 29.6 Å². The molecule has 0 radical (unpaired) electrons. The van der Waals surface area contributed by atoms with Crippen molar-refractivity contribution in [2.75, 3.05) is 13.2 Å². The predicted molar refractivity (Wildman–Crippen MR) is 69.3 cm³/mol. The van der Waals surface area contributed by atoms with Gasteiger partial charge in [0.05, 0.1) is 0 Å². The molecule has 1 amide bonds. The Morgan fingerprint density at radius 2 is 2.11 bits per heavy atom. The lowest BCUT2D eigenvalue weighted by Gasteiger charge is -2.18. The Bertz CT molecular complexity index is 419. The number of carbonyl (C=O) groups is 1. The summed E-state index contributed by atoms with van der Waals surface area (Å²) >= 11 is 0. The Morgan fingerprint density at radius 3 is 2.72 bits per heavy atom. The molecule has 1 saturated carbocycles. The van der Waals surface area contributed by atoms with Gasteiger partial charge in [0.1, 0.15) is 6.10 Å². The molecule has 1 N–H and O–H groups in total. The highest BCUT2D eigenvalue weighted by molar-refractivity contribution is 5.81. The van der Waals surface area contributed by atoms with Gasteiger partial charge in [-0.2, -0.15) is 0 Å². The minimum atomic E-state index is -0.212. The van der Waals surface area contributed by atoms with Crippen molar-refractivity contribution < 1.29 is 9.53 Å². The van der Waals surface area contributed by atoms with Gasteiger partial charge in [0.2, 0.25) is 5.91 Å². The van der Waals surface area contributed by atoms with Gasteiger partial charge in [-0.3, -0.25) is 4.79 Å². The van der Waals surface area contributed by atoms with Crippen LogP contribution < -0.4 is 5.32 Å². The first-order chi connectivity index (χ1) is 8.80. The number of ether oxygens (including phenoxy) is 1. The summed E-state index contributed by atoms with van der Waals surface area (Å²) in [5, 5.41) is 3.06. The first kappa shape index (κ1) is 11.7. The number of amides is 1. The fourth-order valence-corrected chi connectivity index (χ4v) is 2.66. The summed E-state index contributed by atoms with van der Waals surface area (Å²) in [6.45, 7) is 1.47. The second-order valence-electron chi connectivity index (χ2n) is 5.37. The van der Waals surface area contributed by atoms with Crippen LogP contribution in [-0.4, -0.2) is 25.2 Å². The van der Waals surface area contributed by atoms with Crippen LogP contribution in [0.4, 0.5) is 0 Å². The van der Waals surface area contributed by atoms with Crippen molar-refractivity contribution in [3.63, 3.8) is 0 Å². The van der Waals surface area contributed by atoms with Gasteiger partial charge in [-0.15, -0.1) is 0 Å². The van der Waals surface area contributed by atoms with Crippen molar-refractivity contribution in [1.29, 1.82) is 0 Å². The lowest BCUT2D eigenvalue weighted by atomic mass is 9.96. The first-order valence-electron chi connectivity index (χ1n) is 6.75. The molecular formula is C15H19NO2. The second-order valence-corrected chi connectivity index (χ2v) is 5.37. The Labute approximate surface area is 108 Å². The van der Waals surface area contributed by atoms with E-state index in [0.717, 1.165) is 26.0 Å². The molecule has 1 aliphatic carbocycles. The summed E-state index contributed by atoms with van der Waals surface area (Å²) in [6.07, 6.45) is 3.99. The maximum atomic E-state index is 11.9. The van der Waals surface area contributed by atoms with Crippen molar-refractivity contribution in [2.45, 2.75) is 37.2 Å². The normalized spacial score (nSPS) is 24.8. The van der Waals surface area contributed by atoms with Crippen LogP contribution in [0.25, 0.3) is 0 Å². The van der Waals surface area contributed by atoms with E-state index in [4.69, 9.17) is 4.74 Å². The average molecular weight is 245 g/mol. The van der Waals surface area contributed by atoms with Gasteiger partial charge in [0.15, 0.2) is 0 Å². The number of hydrogen-bond acceptors (Lipinski definition) is 2. The number of nitrogens with one attached hydrogen (secondary N) is 1. The number of carbonyl (C=O) groups excluding carboxylic acids is 1. The van der Waals surface area contributed by atoms with Crippen molar-refractivity contribution in [3.05, 3.63) is 35.9 Å². The van der Waals surface area contributed by atoms with Crippen molar-refractivity contribution in [1.82, 2.24) is 5.32 Å². The van der Waals surface area contributed by atoms with Crippen LogP contribution >= 0.6 is 0 Å². The number of rotatable bonds is 4. The Hall–Kier alpha value is -1.35. The Morgan fingerprint density at radius 1 is 1.33 bits per heavy atom. The van der Waals surface area contributed by atoms with E-state index >= 15 is 0 Å². The third-order valence-electron chi connectivity index (χ3n) is 4.06. The van der Waals surface area contributed by atoms with Gasteiger partial charge in [-0.1, -0.05) is 30.3 Å². The van der Waals surface area contributed by atoms with E-state index in [1.807, 2.05) is 6.07 Å². The highest BCUT2D eigenvalue weighted by atomic mass is 16.5. The van der Waals surface area contributed by atoms with Gasteiger partial charge in [-0.25, -0.2) is 0 Å². The Kier molecular flexibility index (Phi) is 3.08. The van der Waals surface area contributed by atoms with E-state index in [-0.39, 0.29) is 17.4 Å². The van der Waals surface area contributed by atoms with Crippen molar-refractivity contribution in [2.24, 2.45) is 0 Å². The van der Waals surface area contributed by atoms with Crippen molar-refractivity contribution in [3.8, 4) is 0 Å². The summed E-state index contributed by atoms with van der Waals surface area (Å²) in [4.78, 5) is 11.9. The third kappa shape index (κ3) is 2.27. The zero-order valence-corrected chi connectivity index (χ0v) is 10.5. The van der Waals surface area contributed by atoms with E-state index in [0.29, 0.717) is 0 Å². The molecule has 1 aromatic rings. The summed E-state index contributed by atoms with van der Waals surface area (Å²) < 4.78 is 5.39. The quantitative estimate of drug-likeness (QED) is 0.881. The lowest BCUT2D eigenvalue weighted by molar-refractivity contribution is -0.130. The molecule has 0 unspecified atom stereocenters. The highest BCUT2D eigenvalue weighted by Crippen LogP contribution is 2.47. The lowest BCUT2D eigenvalue weighted by Crippen LogP contribution is -2.38. The largest absolute Gasteiger partial charge is 0.368 e. The minimum Gasteiger partial charge on any atom is -0.368 e. The van der Waals surface area contributed by atoms with Gasteiger partial charge < -0.3 is 10.1 Å². The summed E-state index contributed by atoms with van der Waals surface area (Å²) in [7, 11) is 0. The van der Waals surface area contributed by atoms with Crippen LogP contribution in [0.5, 0.6) is 0 Å². The average Bonchev–Trinajstić information content (AvgIpc) is 3.01. The molecule has 96 valence electrons. The summed E-state index contributed by atoms with van der Waals surface area (Å²) in [6, 6.07) is 10.5. The molecule has 1 heterocycles. The van der Waals surface area contributed by atoms with Crippen molar-refractivity contribution >= 4 is 5.91 Å². The van der Waals surface area contributed by atoms with Crippen LogP contribution in [0.2, 0.25) is 0 Å². The number of benzene rings is 1. The first-order valence-corrected chi connectivity index (χ1v) is 6.75. The molecule has 1 atom stereocenters. The molecule has 0 aromatic heterocycles. The molecule has 1 aromatic carbocycles. The van der Waals surface area contributed by atoms with Gasteiger partial charge >= 0.3 is 0 Å². The maximum Gasteiger partial charge on any atom is 0.249 e. The maximum absolute atomic E-state index is 11.9. The van der Waals surface area contributed by atoms with E-state index in [1.165, 1.54) is 18.4 Å². The van der Waals surface area contributed by atoms with Crippen LogP contribution in [0.1, 0.15) is 31.2 Å². The molecular weight excluding hydrogens is 226 g/mol. The molecule has 0 bridgehead atoms. The SMILES string of the molecule is O=C(NCC1(c2ccccc2)CC1)[C@@H]1CCCO1. The molecule has 1 saturated heterocycles. The second kappa shape index (κ2) is 4.73. The fourth-order valence-electron chi connectivity index (χ4n) is 2.66. The smallest absolute Gasteiger partial charge is 0.249 e. The van der Waals surface area contributed by atoms with Gasteiger partial charge in [0, 0.05) is 18.6 Å². The van der Waals surface area contributed by atoms with Crippen LogP contribution in [0.15, 0.2) is 30.3 Å². The summed E-state index contributed by atoms with van der Waals surface area (Å²) in [5.74, 6) is 0.0645. The van der Waals surface area contributed by atoms with Crippen LogP contribution in [-0.2, 0) is 14.9 Å². The highest BCUT2D eigenvalue weighted by Gasteiger charge is 2.44. The zero-order valence-electron chi connectivity index (χ0n) is 10.5. The predicted octanol–water partition coefficient (Wildman–Crippen LogP) is 2.01. The standard InChI is InChI=1S/C15H19NO2/c17-14(13-7-4-10-18-13)16-11-15(8-9-15)12-5-2-1-3-6-12/h1-3,5-6,13H,4,7-11H2,(H,16,17)/t13-/m0/s1. The fraction of sp³-hybridized carbons (Fsp3) is 0.533. The molecule has 3 nitrogen and oxygen atoms in total. The van der Waals surface area contributed by atoms with Gasteiger partial charge in [-0.05, 0) is 31.2 Å². The molecule has 2 aliphatic rings. The molecule has 3 heteroatoms. The van der Waals surface area contributed by atoms with Crippen LogP contribution in [0.3, 0.4) is 0 Å². The minimum absolute atomic E-state index is 0.0645. The zero-order chi connectivity index (χ0) is 12.4. The topological polar surface area (TPSA) is 38.3 Å². The Balaban J connectivity index is 1.58. The molecule has 18 heavy (non-hydrogen) atoms. The number of hydrogen-bond donors (Lipinski definition) is 1. The van der Waals surface area contributed by atoms with E-state index in [1.54, 1.807) is 0 Å². The summed E-state index contributed by atoms with van der Waals surface area (Å²) in [5.41, 5.74) is 1.54. The van der Waals surface area contributed by atoms with Gasteiger partial charge in [0.25, 0.3) is 0 Å². The monoisotopic (exact) mass is 245 g/mol. The molecule has 2 fully saturated rings. The molecule has 0 spiro atoms.